The summed E-state index contributed by atoms with van der Waals surface area (Å²) >= 11 is 6.40. The first kappa shape index (κ1) is 20.7. The molecular formula is C22H26ClN5O2. The number of morpholine rings is 1. The van der Waals surface area contributed by atoms with Crippen molar-refractivity contribution in [2.45, 2.75) is 6.42 Å². The first-order valence-corrected chi connectivity index (χ1v) is 10.6. The zero-order valence-corrected chi connectivity index (χ0v) is 17.8. The van der Waals surface area contributed by atoms with Gasteiger partial charge >= 0.3 is 0 Å². The van der Waals surface area contributed by atoms with Crippen molar-refractivity contribution in [3.05, 3.63) is 59.4 Å². The molecule has 4 rings (SSSR count). The molecule has 1 fully saturated rings. The number of hydrogen-bond donors (Lipinski definition) is 1. The van der Waals surface area contributed by atoms with Crippen LogP contribution in [-0.2, 0) is 11.8 Å². The molecule has 8 heteroatoms. The highest BCUT2D eigenvalue weighted by Gasteiger charge is 2.20. The average Bonchev–Trinajstić information content (AvgIpc) is 3.38. The summed E-state index contributed by atoms with van der Waals surface area (Å²) in [5.74, 6) is -0.162. The van der Waals surface area contributed by atoms with Gasteiger partial charge in [0.1, 0.15) is 11.4 Å². The molecule has 2 aromatic heterocycles. The predicted octanol–water partition coefficient (Wildman–Crippen LogP) is 2.98. The van der Waals surface area contributed by atoms with Crippen LogP contribution in [0, 0.1) is 0 Å². The molecule has 3 heterocycles. The monoisotopic (exact) mass is 427 g/mol. The minimum Gasteiger partial charge on any atom is -0.379 e. The Kier molecular flexibility index (Phi) is 6.52. The number of aryl methyl sites for hydroxylation is 1. The van der Waals surface area contributed by atoms with Gasteiger partial charge in [-0.25, -0.2) is 4.68 Å². The van der Waals surface area contributed by atoms with Gasteiger partial charge in [-0.2, -0.15) is 5.10 Å². The van der Waals surface area contributed by atoms with Crippen molar-refractivity contribution < 1.29 is 9.53 Å². The fourth-order valence-electron chi connectivity index (χ4n) is 3.62. The second kappa shape index (κ2) is 9.47. The maximum Gasteiger partial charge on any atom is 0.270 e. The van der Waals surface area contributed by atoms with Gasteiger partial charge < -0.3 is 14.6 Å². The Morgan fingerprint density at radius 3 is 2.73 bits per heavy atom. The molecule has 30 heavy (non-hydrogen) atoms. The van der Waals surface area contributed by atoms with Crippen molar-refractivity contribution in [3.63, 3.8) is 0 Å². The normalized spacial score (nSPS) is 14.7. The number of carbonyl (C=O) groups excluding carboxylic acids is 1. The lowest BCUT2D eigenvalue weighted by molar-refractivity contribution is 0.0374. The Hall–Kier alpha value is -2.61. The summed E-state index contributed by atoms with van der Waals surface area (Å²) < 4.78 is 8.98. The van der Waals surface area contributed by atoms with Gasteiger partial charge in [0.2, 0.25) is 0 Å². The van der Waals surface area contributed by atoms with Crippen molar-refractivity contribution in [2.24, 2.45) is 7.05 Å². The third kappa shape index (κ3) is 4.59. The smallest absolute Gasteiger partial charge is 0.270 e. The van der Waals surface area contributed by atoms with Crippen LogP contribution in [0.1, 0.15) is 16.9 Å². The molecular weight excluding hydrogens is 402 g/mol. The predicted molar refractivity (Wildman–Crippen MR) is 117 cm³/mol. The lowest BCUT2D eigenvalue weighted by atomic mass is 10.2. The van der Waals surface area contributed by atoms with Gasteiger partial charge in [0.25, 0.3) is 5.91 Å². The summed E-state index contributed by atoms with van der Waals surface area (Å²) in [5, 5.41) is 8.27. The molecule has 0 bridgehead atoms. The van der Waals surface area contributed by atoms with Crippen molar-refractivity contribution in [2.75, 3.05) is 39.4 Å². The SMILES string of the molecule is Cn1cccc1-c1cc(C(=O)NCCCN2CCOCC2)n(-c2ccccc2Cl)n1. The largest absolute Gasteiger partial charge is 0.379 e. The van der Waals surface area contributed by atoms with Crippen LogP contribution in [0.5, 0.6) is 0 Å². The number of para-hydroxylation sites is 1. The highest BCUT2D eigenvalue weighted by Crippen LogP contribution is 2.25. The first-order valence-electron chi connectivity index (χ1n) is 10.2. The van der Waals surface area contributed by atoms with Gasteiger partial charge in [-0.15, -0.1) is 0 Å². The van der Waals surface area contributed by atoms with Crippen LogP contribution < -0.4 is 5.32 Å². The summed E-state index contributed by atoms with van der Waals surface area (Å²) in [6.45, 7) is 5.02. The zero-order valence-electron chi connectivity index (χ0n) is 17.1. The number of carbonyl (C=O) groups is 1. The highest BCUT2D eigenvalue weighted by molar-refractivity contribution is 6.32. The number of ether oxygens (including phenoxy) is 1. The Morgan fingerprint density at radius 1 is 1.20 bits per heavy atom. The minimum absolute atomic E-state index is 0.162. The number of nitrogens with zero attached hydrogens (tertiary/aromatic N) is 4. The number of aromatic nitrogens is 3. The molecule has 1 N–H and O–H groups in total. The fourth-order valence-corrected chi connectivity index (χ4v) is 3.84. The van der Waals surface area contributed by atoms with Gasteiger partial charge in [0, 0.05) is 32.9 Å². The van der Waals surface area contributed by atoms with Crippen LogP contribution in [0.15, 0.2) is 48.7 Å². The summed E-state index contributed by atoms with van der Waals surface area (Å²) in [6.07, 6.45) is 2.84. The van der Waals surface area contributed by atoms with E-state index in [9.17, 15) is 4.79 Å². The molecule has 0 saturated carbocycles. The third-order valence-corrected chi connectivity index (χ3v) is 5.59. The van der Waals surface area contributed by atoms with Gasteiger partial charge in [0.05, 0.1) is 29.6 Å². The van der Waals surface area contributed by atoms with Crippen molar-refractivity contribution in [1.82, 2.24) is 24.6 Å². The Morgan fingerprint density at radius 2 is 2.00 bits per heavy atom. The number of amides is 1. The van der Waals surface area contributed by atoms with Gasteiger partial charge in [0.15, 0.2) is 0 Å². The van der Waals surface area contributed by atoms with Gasteiger partial charge in [-0.05, 0) is 43.3 Å². The van der Waals surface area contributed by atoms with Crippen LogP contribution >= 0.6 is 11.6 Å². The van der Waals surface area contributed by atoms with Gasteiger partial charge in [-0.3, -0.25) is 9.69 Å². The number of benzene rings is 1. The van der Waals surface area contributed by atoms with Crippen molar-refractivity contribution >= 4 is 17.5 Å². The molecule has 3 aromatic rings. The lowest BCUT2D eigenvalue weighted by Gasteiger charge is -2.26. The second-order valence-electron chi connectivity index (χ2n) is 7.35. The molecule has 7 nitrogen and oxygen atoms in total. The number of nitrogens with one attached hydrogen (secondary N) is 1. The quantitative estimate of drug-likeness (QED) is 0.589. The van der Waals surface area contributed by atoms with E-state index >= 15 is 0 Å². The Balaban J connectivity index is 1.52. The molecule has 0 unspecified atom stereocenters. The van der Waals surface area contributed by atoms with Crippen LogP contribution in [0.3, 0.4) is 0 Å². The average molecular weight is 428 g/mol. The van der Waals surface area contributed by atoms with E-state index in [0.29, 0.717) is 22.9 Å². The summed E-state index contributed by atoms with van der Waals surface area (Å²) in [7, 11) is 1.95. The van der Waals surface area contributed by atoms with E-state index in [1.807, 2.05) is 54.2 Å². The van der Waals surface area contributed by atoms with E-state index in [0.717, 1.165) is 50.7 Å². The molecule has 1 saturated heterocycles. The molecule has 0 aliphatic carbocycles. The molecule has 158 valence electrons. The number of hydrogen-bond acceptors (Lipinski definition) is 4. The van der Waals surface area contributed by atoms with Crippen molar-refractivity contribution in [3.8, 4) is 17.1 Å². The highest BCUT2D eigenvalue weighted by atomic mass is 35.5. The standard InChI is InChI=1S/C22H26ClN5O2/c1-26-10-4-8-20(26)18-16-21(28(25-18)19-7-3-2-6-17(19)23)22(29)24-9-5-11-27-12-14-30-15-13-27/h2-4,6-8,10,16H,5,9,11-15H2,1H3,(H,24,29). The first-order chi connectivity index (χ1) is 14.6. The molecule has 1 aromatic carbocycles. The van der Waals surface area contributed by atoms with E-state index in [-0.39, 0.29) is 5.91 Å². The summed E-state index contributed by atoms with van der Waals surface area (Å²) in [6, 6.07) is 13.1. The minimum atomic E-state index is -0.162. The molecule has 0 atom stereocenters. The molecule has 1 aliphatic rings. The van der Waals surface area contributed by atoms with E-state index in [1.165, 1.54) is 0 Å². The van der Waals surface area contributed by atoms with Crippen molar-refractivity contribution in [1.29, 1.82) is 0 Å². The maximum absolute atomic E-state index is 13.0. The van der Waals surface area contributed by atoms with E-state index < -0.39 is 0 Å². The zero-order chi connectivity index (χ0) is 20.9. The molecule has 0 spiro atoms. The van der Waals surface area contributed by atoms with Crippen LogP contribution in [0.2, 0.25) is 5.02 Å². The Labute approximate surface area is 181 Å². The van der Waals surface area contributed by atoms with Crippen LogP contribution in [-0.4, -0.2) is 64.5 Å². The lowest BCUT2D eigenvalue weighted by Crippen LogP contribution is -2.38. The number of rotatable bonds is 7. The Bertz CT molecular complexity index is 1010. The number of halogens is 1. The fraction of sp³-hybridized carbons (Fsp3) is 0.364. The molecule has 1 aliphatic heterocycles. The van der Waals surface area contributed by atoms with E-state index in [4.69, 9.17) is 21.4 Å². The molecule has 0 radical (unpaired) electrons. The maximum atomic E-state index is 13.0. The summed E-state index contributed by atoms with van der Waals surface area (Å²) in [5.41, 5.74) is 2.80. The topological polar surface area (TPSA) is 64.3 Å². The van der Waals surface area contributed by atoms with E-state index in [2.05, 4.69) is 10.2 Å². The van der Waals surface area contributed by atoms with Crippen LogP contribution in [0.25, 0.3) is 17.1 Å². The summed E-state index contributed by atoms with van der Waals surface area (Å²) in [4.78, 5) is 15.4. The second-order valence-corrected chi connectivity index (χ2v) is 7.75. The van der Waals surface area contributed by atoms with Gasteiger partial charge in [-0.1, -0.05) is 23.7 Å². The third-order valence-electron chi connectivity index (χ3n) is 5.27. The van der Waals surface area contributed by atoms with E-state index in [1.54, 1.807) is 10.7 Å². The van der Waals surface area contributed by atoms with Crippen LogP contribution in [0.4, 0.5) is 0 Å². The molecule has 1 amide bonds.